The molecule has 0 aliphatic carbocycles. The fourth-order valence-electron chi connectivity index (χ4n) is 3.40. The second-order valence-corrected chi connectivity index (χ2v) is 6.73. The maximum atomic E-state index is 5.76. The van der Waals surface area contributed by atoms with E-state index in [4.69, 9.17) is 4.74 Å². The summed E-state index contributed by atoms with van der Waals surface area (Å²) in [6.07, 6.45) is 5.39. The highest BCUT2D eigenvalue weighted by Crippen LogP contribution is 2.26. The number of piperidine rings is 1. The summed E-state index contributed by atoms with van der Waals surface area (Å²) in [4.78, 5) is 2.66. The van der Waals surface area contributed by atoms with Crippen LogP contribution in [0.25, 0.3) is 0 Å². The first-order chi connectivity index (χ1) is 9.81. The van der Waals surface area contributed by atoms with Crippen molar-refractivity contribution in [3.8, 4) is 5.75 Å². The summed E-state index contributed by atoms with van der Waals surface area (Å²) >= 11 is 3.46. The lowest BCUT2D eigenvalue weighted by Gasteiger charge is -2.35. The minimum atomic E-state index is 0.681. The minimum absolute atomic E-state index is 0.681. The number of hydrogen-bond acceptors (Lipinski definition) is 3. The lowest BCUT2D eigenvalue weighted by atomic mass is 9.98. The third kappa shape index (κ3) is 3.74. The number of nitrogens with one attached hydrogen (secondary N) is 1. The van der Waals surface area contributed by atoms with Crippen LogP contribution in [0.4, 0.5) is 0 Å². The molecule has 1 aromatic carbocycles. The van der Waals surface area contributed by atoms with Crippen LogP contribution in [0.2, 0.25) is 0 Å². The third-order valence-electron chi connectivity index (χ3n) is 4.42. The van der Waals surface area contributed by atoms with Crippen molar-refractivity contribution in [2.24, 2.45) is 0 Å². The first-order valence-corrected chi connectivity index (χ1v) is 8.46. The summed E-state index contributed by atoms with van der Waals surface area (Å²) in [6.45, 7) is 4.27. The number of rotatable bonds is 5. The molecule has 0 saturated carbocycles. The molecule has 1 aromatic rings. The highest BCUT2D eigenvalue weighted by molar-refractivity contribution is 9.10. The molecule has 3 nitrogen and oxygen atoms in total. The topological polar surface area (TPSA) is 24.5 Å². The van der Waals surface area contributed by atoms with Gasteiger partial charge in [-0.25, -0.2) is 0 Å². The van der Waals surface area contributed by atoms with Crippen LogP contribution < -0.4 is 10.1 Å². The van der Waals surface area contributed by atoms with Gasteiger partial charge >= 0.3 is 0 Å². The zero-order valence-corrected chi connectivity index (χ0v) is 13.4. The molecule has 2 heterocycles. The molecule has 2 aliphatic heterocycles. The van der Waals surface area contributed by atoms with Crippen molar-refractivity contribution >= 4 is 15.9 Å². The van der Waals surface area contributed by atoms with Gasteiger partial charge in [-0.3, -0.25) is 0 Å². The molecule has 4 heteroatoms. The maximum Gasteiger partial charge on any atom is 0.120 e. The smallest absolute Gasteiger partial charge is 0.120 e. The highest BCUT2D eigenvalue weighted by Gasteiger charge is 2.31. The molecule has 20 heavy (non-hydrogen) atoms. The summed E-state index contributed by atoms with van der Waals surface area (Å²) in [5.41, 5.74) is 0. The van der Waals surface area contributed by atoms with E-state index in [1.165, 1.54) is 38.8 Å². The Balaban J connectivity index is 1.36. The predicted molar refractivity (Wildman–Crippen MR) is 85.3 cm³/mol. The molecule has 110 valence electrons. The Labute approximate surface area is 129 Å². The van der Waals surface area contributed by atoms with Crippen LogP contribution in [0.3, 0.4) is 0 Å². The lowest BCUT2D eigenvalue weighted by Crippen LogP contribution is -2.46. The van der Waals surface area contributed by atoms with Crippen LogP contribution in [-0.4, -0.2) is 43.2 Å². The van der Waals surface area contributed by atoms with E-state index in [-0.39, 0.29) is 0 Å². The first kappa shape index (κ1) is 14.4. The number of halogens is 1. The van der Waals surface area contributed by atoms with Crippen LogP contribution in [0.5, 0.6) is 5.75 Å². The van der Waals surface area contributed by atoms with Gasteiger partial charge in [-0.15, -0.1) is 0 Å². The lowest BCUT2D eigenvalue weighted by molar-refractivity contribution is 0.163. The Bertz CT molecular complexity index is 440. The fourth-order valence-corrected chi connectivity index (χ4v) is 3.78. The Kier molecular flexibility index (Phi) is 4.97. The normalized spacial score (nSPS) is 26.4. The number of benzene rings is 1. The molecule has 2 unspecified atom stereocenters. The molecule has 0 aromatic heterocycles. The number of hydrogen-bond donors (Lipinski definition) is 1. The largest absolute Gasteiger partial charge is 0.492 e. The van der Waals surface area contributed by atoms with E-state index in [0.717, 1.165) is 29.4 Å². The molecule has 2 saturated heterocycles. The molecular weight excluding hydrogens is 316 g/mol. The molecule has 2 aliphatic rings. The Morgan fingerprint density at radius 3 is 3.15 bits per heavy atom. The van der Waals surface area contributed by atoms with Crippen molar-refractivity contribution in [2.45, 2.75) is 37.8 Å². The Hall–Kier alpha value is -0.580. The molecule has 0 bridgehead atoms. The predicted octanol–water partition coefficient (Wildman–Crippen LogP) is 3.04. The van der Waals surface area contributed by atoms with Gasteiger partial charge in [0.05, 0.1) is 0 Å². The van der Waals surface area contributed by atoms with Crippen molar-refractivity contribution in [2.75, 3.05) is 26.2 Å². The van der Waals surface area contributed by atoms with Crippen LogP contribution in [0, 0.1) is 0 Å². The van der Waals surface area contributed by atoms with Crippen molar-refractivity contribution in [1.82, 2.24) is 10.2 Å². The molecule has 0 spiro atoms. The number of nitrogens with zero attached hydrogens (tertiary/aromatic N) is 1. The van der Waals surface area contributed by atoms with E-state index in [2.05, 4.69) is 26.1 Å². The van der Waals surface area contributed by atoms with Gasteiger partial charge in [0.25, 0.3) is 0 Å². The Morgan fingerprint density at radius 1 is 1.30 bits per heavy atom. The highest BCUT2D eigenvalue weighted by atomic mass is 79.9. The summed E-state index contributed by atoms with van der Waals surface area (Å²) < 4.78 is 6.83. The summed E-state index contributed by atoms with van der Waals surface area (Å²) in [5, 5.41) is 3.66. The van der Waals surface area contributed by atoms with Gasteiger partial charge in [0.2, 0.25) is 0 Å². The van der Waals surface area contributed by atoms with E-state index in [9.17, 15) is 0 Å². The molecular formula is C16H23BrN2O. The van der Waals surface area contributed by atoms with Crippen molar-refractivity contribution in [3.63, 3.8) is 0 Å². The van der Waals surface area contributed by atoms with Gasteiger partial charge in [0, 0.05) is 23.1 Å². The third-order valence-corrected chi connectivity index (χ3v) is 4.91. The van der Waals surface area contributed by atoms with Crippen molar-refractivity contribution in [3.05, 3.63) is 28.7 Å². The average Bonchev–Trinajstić information content (AvgIpc) is 2.91. The summed E-state index contributed by atoms with van der Waals surface area (Å²) in [5.74, 6) is 0.937. The minimum Gasteiger partial charge on any atom is -0.492 e. The first-order valence-electron chi connectivity index (χ1n) is 7.67. The second kappa shape index (κ2) is 6.92. The van der Waals surface area contributed by atoms with Gasteiger partial charge < -0.3 is 15.0 Å². The fraction of sp³-hybridized carbons (Fsp3) is 0.625. The van der Waals surface area contributed by atoms with Gasteiger partial charge in [-0.05, 0) is 57.0 Å². The van der Waals surface area contributed by atoms with Crippen LogP contribution in [0.1, 0.15) is 25.7 Å². The van der Waals surface area contributed by atoms with E-state index in [0.29, 0.717) is 6.04 Å². The summed E-state index contributed by atoms with van der Waals surface area (Å²) in [6, 6.07) is 9.55. The Morgan fingerprint density at radius 2 is 2.25 bits per heavy atom. The molecule has 2 atom stereocenters. The van der Waals surface area contributed by atoms with E-state index >= 15 is 0 Å². The average molecular weight is 339 g/mol. The summed E-state index contributed by atoms with van der Waals surface area (Å²) in [7, 11) is 0. The van der Waals surface area contributed by atoms with Gasteiger partial charge in [0.15, 0.2) is 0 Å². The quantitative estimate of drug-likeness (QED) is 0.835. The van der Waals surface area contributed by atoms with Gasteiger partial charge in [0.1, 0.15) is 12.4 Å². The van der Waals surface area contributed by atoms with Crippen LogP contribution >= 0.6 is 15.9 Å². The molecule has 3 rings (SSSR count). The van der Waals surface area contributed by atoms with Crippen LogP contribution in [0.15, 0.2) is 28.7 Å². The van der Waals surface area contributed by atoms with Gasteiger partial charge in [-0.1, -0.05) is 22.0 Å². The van der Waals surface area contributed by atoms with Crippen molar-refractivity contribution < 1.29 is 4.74 Å². The van der Waals surface area contributed by atoms with E-state index in [1.807, 2.05) is 24.3 Å². The maximum absolute atomic E-state index is 5.76. The zero-order chi connectivity index (χ0) is 13.8. The standard InChI is InChI=1S/C16H23BrN2O/c17-13-3-1-5-16(11-13)20-10-7-18-14-6-9-19-8-2-4-15(19)12-14/h1,3,5,11,14-15,18H,2,4,6-10,12H2. The zero-order valence-electron chi connectivity index (χ0n) is 11.9. The van der Waals surface area contributed by atoms with Gasteiger partial charge in [-0.2, -0.15) is 0 Å². The monoisotopic (exact) mass is 338 g/mol. The van der Waals surface area contributed by atoms with Crippen LogP contribution in [-0.2, 0) is 0 Å². The van der Waals surface area contributed by atoms with Crippen molar-refractivity contribution in [1.29, 1.82) is 0 Å². The molecule has 2 fully saturated rings. The second-order valence-electron chi connectivity index (χ2n) is 5.81. The number of ether oxygens (including phenoxy) is 1. The molecule has 0 amide bonds. The molecule has 0 radical (unpaired) electrons. The number of fused-ring (bicyclic) bond motifs is 1. The SMILES string of the molecule is Brc1cccc(OCCNC2CCN3CCCC3C2)c1. The molecule has 1 N–H and O–H groups in total. The van der Waals surface area contributed by atoms with E-state index < -0.39 is 0 Å². The van der Waals surface area contributed by atoms with E-state index in [1.54, 1.807) is 0 Å².